The van der Waals surface area contributed by atoms with E-state index < -0.39 is 0 Å². The number of carbonyl (C=O) groups is 2. The van der Waals surface area contributed by atoms with Crippen LogP contribution in [0.25, 0.3) is 0 Å². The smallest absolute Gasteiger partial charge is 0.245 e. The van der Waals surface area contributed by atoms with E-state index in [0.717, 1.165) is 18.7 Å². The average Bonchev–Trinajstić information content (AvgIpc) is 3.01. The molecule has 1 aromatic heterocycles. The predicted molar refractivity (Wildman–Crippen MR) is 83.0 cm³/mol. The number of anilines is 1. The molecule has 0 radical (unpaired) electrons. The summed E-state index contributed by atoms with van der Waals surface area (Å²) in [5.74, 6) is 1.26. The molecule has 1 unspecified atom stereocenters. The van der Waals surface area contributed by atoms with Crippen molar-refractivity contribution in [3.8, 4) is 5.88 Å². The van der Waals surface area contributed by atoms with Gasteiger partial charge in [0.15, 0.2) is 0 Å². The molecule has 2 fully saturated rings. The van der Waals surface area contributed by atoms with Crippen molar-refractivity contribution in [2.24, 2.45) is 0 Å². The van der Waals surface area contributed by atoms with Crippen molar-refractivity contribution in [2.45, 2.75) is 37.8 Å². The zero-order valence-electron chi connectivity index (χ0n) is 13.1. The standard InChI is InChI=1S/C15H21N5O3/c1-23-14-8-12(16-9-17-14)18-10-4-6-20(7-5-10)15(22)11-2-3-13(21)19-11/h8-11H,2-7H2,1H3,(H,19,21)(H,16,17,18). The minimum Gasteiger partial charge on any atom is -0.481 e. The minimum absolute atomic E-state index is 0.0300. The Labute approximate surface area is 134 Å². The van der Waals surface area contributed by atoms with Crippen molar-refractivity contribution in [1.82, 2.24) is 20.2 Å². The van der Waals surface area contributed by atoms with E-state index in [4.69, 9.17) is 4.74 Å². The number of nitrogens with zero attached hydrogens (tertiary/aromatic N) is 3. The molecule has 2 aliphatic rings. The number of hydrogen-bond donors (Lipinski definition) is 2. The summed E-state index contributed by atoms with van der Waals surface area (Å²) in [6, 6.07) is 1.68. The van der Waals surface area contributed by atoms with Gasteiger partial charge in [0.2, 0.25) is 17.7 Å². The van der Waals surface area contributed by atoms with Crippen LogP contribution < -0.4 is 15.4 Å². The van der Waals surface area contributed by atoms with Crippen LogP contribution in [-0.2, 0) is 9.59 Å². The van der Waals surface area contributed by atoms with E-state index in [1.54, 1.807) is 13.2 Å². The van der Waals surface area contributed by atoms with Gasteiger partial charge >= 0.3 is 0 Å². The van der Waals surface area contributed by atoms with Gasteiger partial charge in [-0.2, -0.15) is 0 Å². The van der Waals surface area contributed by atoms with Crippen molar-refractivity contribution in [3.63, 3.8) is 0 Å². The summed E-state index contributed by atoms with van der Waals surface area (Å²) in [6.45, 7) is 1.37. The first-order chi connectivity index (χ1) is 11.2. The number of nitrogens with one attached hydrogen (secondary N) is 2. The summed E-state index contributed by atoms with van der Waals surface area (Å²) >= 11 is 0. The molecule has 0 aliphatic carbocycles. The first kappa shape index (κ1) is 15.5. The number of ether oxygens (including phenoxy) is 1. The van der Waals surface area contributed by atoms with Gasteiger partial charge in [0.1, 0.15) is 18.2 Å². The Morgan fingerprint density at radius 1 is 1.35 bits per heavy atom. The van der Waals surface area contributed by atoms with Gasteiger partial charge in [-0.15, -0.1) is 0 Å². The third-order valence-electron chi connectivity index (χ3n) is 4.30. The number of amides is 2. The molecular weight excluding hydrogens is 298 g/mol. The molecule has 3 heterocycles. The summed E-state index contributed by atoms with van der Waals surface area (Å²) < 4.78 is 5.08. The zero-order chi connectivity index (χ0) is 16.2. The summed E-state index contributed by atoms with van der Waals surface area (Å²) in [6.07, 6.45) is 4.21. The van der Waals surface area contributed by atoms with Crippen LogP contribution in [0.2, 0.25) is 0 Å². The van der Waals surface area contributed by atoms with Gasteiger partial charge in [-0.1, -0.05) is 0 Å². The number of hydrogen-bond acceptors (Lipinski definition) is 6. The first-order valence-corrected chi connectivity index (χ1v) is 7.86. The van der Waals surface area contributed by atoms with Crippen molar-refractivity contribution in [2.75, 3.05) is 25.5 Å². The maximum Gasteiger partial charge on any atom is 0.245 e. The quantitative estimate of drug-likeness (QED) is 0.821. The number of likely N-dealkylation sites (tertiary alicyclic amines) is 1. The highest BCUT2D eigenvalue weighted by atomic mass is 16.5. The highest BCUT2D eigenvalue weighted by Crippen LogP contribution is 2.19. The Morgan fingerprint density at radius 3 is 2.78 bits per heavy atom. The van der Waals surface area contributed by atoms with E-state index in [-0.39, 0.29) is 23.9 Å². The van der Waals surface area contributed by atoms with Crippen LogP contribution in [-0.4, -0.2) is 59.0 Å². The highest BCUT2D eigenvalue weighted by Gasteiger charge is 2.32. The summed E-state index contributed by atoms with van der Waals surface area (Å²) in [7, 11) is 1.57. The van der Waals surface area contributed by atoms with Gasteiger partial charge in [-0.05, 0) is 19.3 Å². The number of carbonyl (C=O) groups excluding carboxylic acids is 2. The molecule has 0 aromatic carbocycles. The van der Waals surface area contributed by atoms with Crippen LogP contribution >= 0.6 is 0 Å². The van der Waals surface area contributed by atoms with E-state index in [1.807, 2.05) is 4.90 Å². The molecule has 3 rings (SSSR count). The van der Waals surface area contributed by atoms with E-state index in [2.05, 4.69) is 20.6 Å². The molecule has 8 heteroatoms. The van der Waals surface area contributed by atoms with Crippen LogP contribution in [0.15, 0.2) is 12.4 Å². The van der Waals surface area contributed by atoms with Crippen molar-refractivity contribution in [1.29, 1.82) is 0 Å². The van der Waals surface area contributed by atoms with Gasteiger partial charge < -0.3 is 20.3 Å². The molecule has 2 aliphatic heterocycles. The fourth-order valence-corrected chi connectivity index (χ4v) is 3.00. The lowest BCUT2D eigenvalue weighted by molar-refractivity contribution is -0.135. The third-order valence-corrected chi connectivity index (χ3v) is 4.30. The molecule has 1 aromatic rings. The van der Waals surface area contributed by atoms with Crippen LogP contribution in [0.4, 0.5) is 5.82 Å². The molecule has 0 saturated carbocycles. The zero-order valence-corrected chi connectivity index (χ0v) is 13.1. The SMILES string of the molecule is COc1cc(NC2CCN(C(=O)C3CCC(=O)N3)CC2)ncn1. The Morgan fingerprint density at radius 2 is 2.13 bits per heavy atom. The van der Waals surface area contributed by atoms with Gasteiger partial charge in [-0.3, -0.25) is 9.59 Å². The molecule has 2 N–H and O–H groups in total. The first-order valence-electron chi connectivity index (χ1n) is 7.86. The van der Waals surface area contributed by atoms with E-state index in [0.29, 0.717) is 31.8 Å². The molecule has 23 heavy (non-hydrogen) atoms. The number of piperidine rings is 1. The lowest BCUT2D eigenvalue weighted by Crippen LogP contribution is -2.49. The van der Waals surface area contributed by atoms with E-state index in [1.165, 1.54) is 6.33 Å². The monoisotopic (exact) mass is 319 g/mol. The molecular formula is C15H21N5O3. The van der Waals surface area contributed by atoms with Crippen molar-refractivity contribution < 1.29 is 14.3 Å². The fraction of sp³-hybridized carbons (Fsp3) is 0.600. The second-order valence-corrected chi connectivity index (χ2v) is 5.85. The van der Waals surface area contributed by atoms with Crippen molar-refractivity contribution in [3.05, 3.63) is 12.4 Å². The maximum atomic E-state index is 12.3. The number of methoxy groups -OCH3 is 1. The largest absolute Gasteiger partial charge is 0.481 e. The predicted octanol–water partition coefficient (Wildman–Crippen LogP) is 0.167. The molecule has 2 saturated heterocycles. The van der Waals surface area contributed by atoms with Gasteiger partial charge in [0.25, 0.3) is 0 Å². The Kier molecular flexibility index (Phi) is 4.59. The van der Waals surface area contributed by atoms with E-state index in [9.17, 15) is 9.59 Å². The van der Waals surface area contributed by atoms with Crippen molar-refractivity contribution >= 4 is 17.6 Å². The number of aromatic nitrogens is 2. The van der Waals surface area contributed by atoms with Gasteiger partial charge in [0, 0.05) is 31.6 Å². The second-order valence-electron chi connectivity index (χ2n) is 5.85. The van der Waals surface area contributed by atoms with Crippen LogP contribution in [0.1, 0.15) is 25.7 Å². The van der Waals surface area contributed by atoms with Gasteiger partial charge in [-0.25, -0.2) is 9.97 Å². The van der Waals surface area contributed by atoms with Gasteiger partial charge in [0.05, 0.1) is 7.11 Å². The Bertz CT molecular complexity index is 586. The fourth-order valence-electron chi connectivity index (χ4n) is 3.00. The lowest BCUT2D eigenvalue weighted by atomic mass is 10.0. The highest BCUT2D eigenvalue weighted by molar-refractivity contribution is 5.90. The van der Waals surface area contributed by atoms with Crippen LogP contribution in [0.5, 0.6) is 5.88 Å². The Hall–Kier alpha value is -2.38. The molecule has 2 amide bonds. The van der Waals surface area contributed by atoms with Crippen LogP contribution in [0, 0.1) is 0 Å². The maximum absolute atomic E-state index is 12.3. The second kappa shape index (κ2) is 6.80. The third kappa shape index (κ3) is 3.69. The molecule has 124 valence electrons. The normalized spacial score (nSPS) is 21.9. The molecule has 0 spiro atoms. The Balaban J connectivity index is 1.50. The average molecular weight is 319 g/mol. The van der Waals surface area contributed by atoms with Crippen LogP contribution in [0.3, 0.4) is 0 Å². The molecule has 1 atom stereocenters. The summed E-state index contributed by atoms with van der Waals surface area (Å²) in [5, 5.41) is 6.09. The molecule has 0 bridgehead atoms. The topological polar surface area (TPSA) is 96.5 Å². The minimum atomic E-state index is -0.335. The summed E-state index contributed by atoms with van der Waals surface area (Å²) in [4.78, 5) is 33.6. The number of rotatable bonds is 4. The molecule has 8 nitrogen and oxygen atoms in total. The summed E-state index contributed by atoms with van der Waals surface area (Å²) in [5.41, 5.74) is 0. The van der Waals surface area contributed by atoms with E-state index >= 15 is 0 Å². The lowest BCUT2D eigenvalue weighted by Gasteiger charge is -2.34.